The molecule has 2 atom stereocenters. The van der Waals surface area contributed by atoms with Crippen molar-refractivity contribution in [1.82, 2.24) is 0 Å². The molecule has 1 heterocycles. The van der Waals surface area contributed by atoms with Gasteiger partial charge in [-0.2, -0.15) is 0 Å². The molecule has 2 aromatic rings. The van der Waals surface area contributed by atoms with Crippen molar-refractivity contribution in [3.05, 3.63) is 48.0 Å². The maximum absolute atomic E-state index is 5.92. The van der Waals surface area contributed by atoms with E-state index in [4.69, 9.17) is 10.5 Å². The number of hydrogen-bond acceptors (Lipinski definition) is 2. The van der Waals surface area contributed by atoms with Gasteiger partial charge in [-0.05, 0) is 35.2 Å². The van der Waals surface area contributed by atoms with Gasteiger partial charge in [0.2, 0.25) is 0 Å². The summed E-state index contributed by atoms with van der Waals surface area (Å²) in [5.41, 5.74) is 6.92. The zero-order valence-electron chi connectivity index (χ0n) is 9.80. The van der Waals surface area contributed by atoms with Gasteiger partial charge in [0, 0.05) is 6.54 Å². The molecule has 0 amide bonds. The first kappa shape index (κ1) is 10.8. The molecule has 0 bridgehead atoms. The Hall–Kier alpha value is -1.38. The van der Waals surface area contributed by atoms with Crippen LogP contribution >= 0.6 is 0 Å². The van der Waals surface area contributed by atoms with Crippen molar-refractivity contribution < 1.29 is 4.74 Å². The normalized spacial score (nSPS) is 24.3. The molecule has 0 aliphatic carbocycles. The van der Waals surface area contributed by atoms with E-state index < -0.39 is 0 Å². The quantitative estimate of drug-likeness (QED) is 0.856. The van der Waals surface area contributed by atoms with Crippen LogP contribution in [0.3, 0.4) is 0 Å². The molecule has 2 aromatic carbocycles. The molecule has 0 saturated carbocycles. The maximum Gasteiger partial charge on any atom is 0.0830 e. The fourth-order valence-electron chi connectivity index (χ4n) is 2.53. The summed E-state index contributed by atoms with van der Waals surface area (Å²) in [7, 11) is 0. The highest BCUT2D eigenvalue weighted by Gasteiger charge is 2.25. The standard InChI is InChI=1S/C15H17NO/c16-10-14-7-8-15(17-14)13-6-5-11-3-1-2-4-12(11)9-13/h1-6,9,14-15H,7-8,10,16H2. The van der Waals surface area contributed by atoms with Crippen LogP contribution in [0.25, 0.3) is 10.8 Å². The highest BCUT2D eigenvalue weighted by Crippen LogP contribution is 2.33. The third-order valence-corrected chi connectivity index (χ3v) is 3.52. The minimum absolute atomic E-state index is 0.230. The Balaban J connectivity index is 1.91. The first-order valence-electron chi connectivity index (χ1n) is 6.21. The number of nitrogens with two attached hydrogens (primary N) is 1. The summed E-state index contributed by atoms with van der Waals surface area (Å²) in [5.74, 6) is 0. The van der Waals surface area contributed by atoms with Gasteiger partial charge in [0.25, 0.3) is 0 Å². The SMILES string of the molecule is NCC1CCC(c2ccc3ccccc3c2)O1. The van der Waals surface area contributed by atoms with Crippen LogP contribution in [0.2, 0.25) is 0 Å². The molecule has 0 spiro atoms. The maximum atomic E-state index is 5.92. The van der Waals surface area contributed by atoms with E-state index in [9.17, 15) is 0 Å². The molecule has 88 valence electrons. The molecule has 1 saturated heterocycles. The smallest absolute Gasteiger partial charge is 0.0830 e. The third kappa shape index (κ3) is 2.06. The molecule has 2 nitrogen and oxygen atoms in total. The summed E-state index contributed by atoms with van der Waals surface area (Å²) in [5, 5.41) is 2.56. The highest BCUT2D eigenvalue weighted by atomic mass is 16.5. The monoisotopic (exact) mass is 227 g/mol. The van der Waals surface area contributed by atoms with Gasteiger partial charge in [0.05, 0.1) is 12.2 Å². The van der Waals surface area contributed by atoms with Crippen LogP contribution in [0.4, 0.5) is 0 Å². The lowest BCUT2D eigenvalue weighted by molar-refractivity contribution is 0.0499. The molecule has 1 fully saturated rings. The van der Waals surface area contributed by atoms with Crippen LogP contribution in [0.15, 0.2) is 42.5 Å². The van der Waals surface area contributed by atoms with E-state index >= 15 is 0 Å². The van der Waals surface area contributed by atoms with Crippen molar-refractivity contribution >= 4 is 10.8 Å². The summed E-state index contributed by atoms with van der Waals surface area (Å²) < 4.78 is 5.92. The van der Waals surface area contributed by atoms with E-state index in [1.54, 1.807) is 0 Å². The van der Waals surface area contributed by atoms with Gasteiger partial charge >= 0.3 is 0 Å². The van der Waals surface area contributed by atoms with E-state index in [0.717, 1.165) is 12.8 Å². The summed E-state index contributed by atoms with van der Waals surface area (Å²) in [6.07, 6.45) is 2.63. The van der Waals surface area contributed by atoms with Crippen molar-refractivity contribution in [1.29, 1.82) is 0 Å². The van der Waals surface area contributed by atoms with Gasteiger partial charge in [-0.25, -0.2) is 0 Å². The Labute approximate surface area is 101 Å². The van der Waals surface area contributed by atoms with E-state index in [0.29, 0.717) is 6.54 Å². The van der Waals surface area contributed by atoms with Crippen molar-refractivity contribution in [3.8, 4) is 0 Å². The molecule has 17 heavy (non-hydrogen) atoms. The number of fused-ring (bicyclic) bond motifs is 1. The molecule has 1 aliphatic heterocycles. The van der Waals surface area contributed by atoms with E-state index in [2.05, 4.69) is 42.5 Å². The fourth-order valence-corrected chi connectivity index (χ4v) is 2.53. The first-order chi connectivity index (χ1) is 8.36. The molecule has 0 aromatic heterocycles. The van der Waals surface area contributed by atoms with E-state index in [1.165, 1.54) is 16.3 Å². The number of ether oxygens (including phenoxy) is 1. The average Bonchev–Trinajstić information content (AvgIpc) is 2.87. The van der Waals surface area contributed by atoms with Crippen LogP contribution in [0.1, 0.15) is 24.5 Å². The molecular formula is C15H17NO. The van der Waals surface area contributed by atoms with Crippen molar-refractivity contribution in [2.24, 2.45) is 5.73 Å². The Morgan fingerprint density at radius 2 is 1.88 bits per heavy atom. The lowest BCUT2D eigenvalue weighted by Crippen LogP contribution is -2.18. The molecule has 2 unspecified atom stereocenters. The van der Waals surface area contributed by atoms with Gasteiger partial charge in [-0.1, -0.05) is 36.4 Å². The van der Waals surface area contributed by atoms with Crippen molar-refractivity contribution in [2.75, 3.05) is 6.54 Å². The van der Waals surface area contributed by atoms with Crippen molar-refractivity contribution in [3.63, 3.8) is 0 Å². The number of benzene rings is 2. The predicted octanol–water partition coefficient (Wildman–Crippen LogP) is 3.02. The van der Waals surface area contributed by atoms with Crippen LogP contribution in [0.5, 0.6) is 0 Å². The Kier molecular flexibility index (Phi) is 2.83. The van der Waals surface area contributed by atoms with Gasteiger partial charge in [-0.15, -0.1) is 0 Å². The number of rotatable bonds is 2. The second kappa shape index (κ2) is 4.47. The molecule has 2 N–H and O–H groups in total. The molecule has 2 heteroatoms. The summed E-state index contributed by atoms with van der Waals surface area (Å²) in [6, 6.07) is 15.0. The van der Waals surface area contributed by atoms with Gasteiger partial charge in [0.15, 0.2) is 0 Å². The fraction of sp³-hybridized carbons (Fsp3) is 0.333. The second-order valence-corrected chi connectivity index (χ2v) is 4.67. The zero-order valence-corrected chi connectivity index (χ0v) is 9.80. The Morgan fingerprint density at radius 1 is 1.06 bits per heavy atom. The zero-order chi connectivity index (χ0) is 11.7. The molecular weight excluding hydrogens is 210 g/mol. The first-order valence-corrected chi connectivity index (χ1v) is 6.21. The summed E-state index contributed by atoms with van der Waals surface area (Å²) in [4.78, 5) is 0. The topological polar surface area (TPSA) is 35.2 Å². The van der Waals surface area contributed by atoms with E-state index in [1.807, 2.05) is 0 Å². The Bertz CT molecular complexity index is 523. The van der Waals surface area contributed by atoms with Crippen LogP contribution in [-0.4, -0.2) is 12.6 Å². The van der Waals surface area contributed by atoms with Gasteiger partial charge < -0.3 is 10.5 Å². The van der Waals surface area contributed by atoms with Crippen molar-refractivity contribution in [2.45, 2.75) is 25.0 Å². The van der Waals surface area contributed by atoms with Gasteiger partial charge in [0.1, 0.15) is 0 Å². The Morgan fingerprint density at radius 3 is 2.65 bits per heavy atom. The third-order valence-electron chi connectivity index (χ3n) is 3.52. The minimum Gasteiger partial charge on any atom is -0.369 e. The summed E-state index contributed by atoms with van der Waals surface area (Å²) in [6.45, 7) is 0.629. The van der Waals surface area contributed by atoms with Gasteiger partial charge in [-0.3, -0.25) is 0 Å². The lowest BCUT2D eigenvalue weighted by Gasteiger charge is -2.13. The lowest BCUT2D eigenvalue weighted by atomic mass is 10.0. The van der Waals surface area contributed by atoms with Crippen LogP contribution in [0, 0.1) is 0 Å². The molecule has 0 radical (unpaired) electrons. The summed E-state index contributed by atoms with van der Waals surface area (Å²) >= 11 is 0. The average molecular weight is 227 g/mol. The predicted molar refractivity (Wildman–Crippen MR) is 69.9 cm³/mol. The van der Waals surface area contributed by atoms with E-state index in [-0.39, 0.29) is 12.2 Å². The van der Waals surface area contributed by atoms with Crippen LogP contribution in [-0.2, 0) is 4.74 Å². The molecule has 1 aliphatic rings. The number of hydrogen-bond donors (Lipinski definition) is 1. The highest BCUT2D eigenvalue weighted by molar-refractivity contribution is 5.83. The second-order valence-electron chi connectivity index (χ2n) is 4.67. The van der Waals surface area contributed by atoms with Crippen LogP contribution < -0.4 is 5.73 Å². The largest absolute Gasteiger partial charge is 0.369 e. The molecule has 3 rings (SSSR count). The minimum atomic E-state index is 0.230.